The number of ether oxygens (including phenoxy) is 2. The van der Waals surface area contributed by atoms with E-state index in [1.165, 1.54) is 23.5 Å². The molecule has 0 fully saturated rings. The van der Waals surface area contributed by atoms with Crippen LogP contribution in [0.25, 0.3) is 10.2 Å². The largest absolute Gasteiger partial charge is 0.486 e. The van der Waals surface area contributed by atoms with Crippen LogP contribution in [0.5, 0.6) is 11.5 Å². The predicted molar refractivity (Wildman–Crippen MR) is 92.6 cm³/mol. The average Bonchev–Trinajstić information content (AvgIpc) is 2.93. The van der Waals surface area contributed by atoms with E-state index in [-0.39, 0.29) is 4.90 Å². The molecule has 0 unspecified atom stereocenters. The summed E-state index contributed by atoms with van der Waals surface area (Å²) in [5.74, 6) is 0.999. The molecule has 0 saturated heterocycles. The highest BCUT2D eigenvalue weighted by molar-refractivity contribution is 7.92. The number of benzene rings is 2. The van der Waals surface area contributed by atoms with Gasteiger partial charge in [-0.05, 0) is 37.3 Å². The van der Waals surface area contributed by atoms with Crippen LogP contribution < -0.4 is 14.2 Å². The van der Waals surface area contributed by atoms with E-state index in [9.17, 15) is 8.42 Å². The van der Waals surface area contributed by atoms with E-state index < -0.39 is 10.0 Å². The first-order valence-corrected chi connectivity index (χ1v) is 9.61. The standard InChI is InChI=1S/C16H14N2O4S2/c1-10-17-13-4-2-11(8-16(13)23-10)18-24(19,20)12-3-5-14-15(9-12)22-7-6-21-14/h2-5,8-9,18H,6-7H2,1H3. The first kappa shape index (κ1) is 15.2. The summed E-state index contributed by atoms with van der Waals surface area (Å²) >= 11 is 1.52. The van der Waals surface area contributed by atoms with Crippen molar-refractivity contribution in [2.75, 3.05) is 17.9 Å². The van der Waals surface area contributed by atoms with Gasteiger partial charge in [0.2, 0.25) is 0 Å². The first-order valence-electron chi connectivity index (χ1n) is 7.31. The first-order chi connectivity index (χ1) is 11.5. The number of rotatable bonds is 3. The molecule has 8 heteroatoms. The maximum absolute atomic E-state index is 12.6. The fourth-order valence-electron chi connectivity index (χ4n) is 2.51. The fourth-order valence-corrected chi connectivity index (χ4v) is 4.44. The van der Waals surface area contributed by atoms with Crippen molar-refractivity contribution in [2.24, 2.45) is 0 Å². The quantitative estimate of drug-likeness (QED) is 0.774. The Labute approximate surface area is 143 Å². The van der Waals surface area contributed by atoms with Crippen LogP contribution >= 0.6 is 11.3 Å². The Morgan fingerprint density at radius 2 is 1.88 bits per heavy atom. The lowest BCUT2D eigenvalue weighted by Gasteiger charge is -2.19. The molecule has 1 N–H and O–H groups in total. The van der Waals surface area contributed by atoms with E-state index in [1.54, 1.807) is 24.3 Å². The lowest BCUT2D eigenvalue weighted by atomic mass is 10.3. The normalized spacial score (nSPS) is 13.9. The van der Waals surface area contributed by atoms with Gasteiger partial charge in [0.25, 0.3) is 10.0 Å². The molecule has 1 aromatic heterocycles. The zero-order valence-corrected chi connectivity index (χ0v) is 14.4. The molecule has 0 radical (unpaired) electrons. The van der Waals surface area contributed by atoms with Crippen molar-refractivity contribution in [3.05, 3.63) is 41.4 Å². The number of aryl methyl sites for hydroxylation is 1. The second-order valence-electron chi connectivity index (χ2n) is 5.33. The molecule has 0 amide bonds. The number of thiazole rings is 1. The molecule has 0 spiro atoms. The SMILES string of the molecule is Cc1nc2ccc(NS(=O)(=O)c3ccc4c(c3)OCCO4)cc2s1. The van der Waals surface area contributed by atoms with E-state index in [0.29, 0.717) is 30.4 Å². The molecule has 0 aliphatic carbocycles. The third kappa shape index (κ3) is 2.78. The number of nitrogens with zero attached hydrogens (tertiary/aromatic N) is 1. The highest BCUT2D eigenvalue weighted by atomic mass is 32.2. The van der Waals surface area contributed by atoms with Crippen LogP contribution in [0, 0.1) is 6.92 Å². The Bertz CT molecular complexity index is 1030. The van der Waals surface area contributed by atoms with Crippen molar-refractivity contribution in [1.29, 1.82) is 0 Å². The lowest BCUT2D eigenvalue weighted by Crippen LogP contribution is -2.17. The van der Waals surface area contributed by atoms with Gasteiger partial charge in [-0.1, -0.05) is 0 Å². The van der Waals surface area contributed by atoms with Crippen molar-refractivity contribution in [3.63, 3.8) is 0 Å². The number of anilines is 1. The summed E-state index contributed by atoms with van der Waals surface area (Å²) in [7, 11) is -3.71. The summed E-state index contributed by atoms with van der Waals surface area (Å²) in [5.41, 5.74) is 1.36. The molecule has 2 aromatic carbocycles. The monoisotopic (exact) mass is 362 g/mol. The maximum Gasteiger partial charge on any atom is 0.262 e. The molecule has 4 rings (SSSR count). The van der Waals surface area contributed by atoms with Crippen LogP contribution in [0.2, 0.25) is 0 Å². The van der Waals surface area contributed by atoms with Crippen molar-refractivity contribution < 1.29 is 17.9 Å². The second kappa shape index (κ2) is 5.64. The molecule has 6 nitrogen and oxygen atoms in total. The van der Waals surface area contributed by atoms with Crippen LogP contribution in [0.15, 0.2) is 41.3 Å². The van der Waals surface area contributed by atoms with Crippen LogP contribution in [0.4, 0.5) is 5.69 Å². The molecule has 0 saturated carbocycles. The fraction of sp³-hybridized carbons (Fsp3) is 0.188. The molecule has 1 aliphatic heterocycles. The summed E-state index contributed by atoms with van der Waals surface area (Å²) in [4.78, 5) is 4.50. The van der Waals surface area contributed by atoms with Crippen molar-refractivity contribution in [3.8, 4) is 11.5 Å². The molecule has 0 atom stereocenters. The minimum absolute atomic E-state index is 0.132. The molecule has 2 heterocycles. The molecule has 3 aromatic rings. The van der Waals surface area contributed by atoms with Gasteiger partial charge in [0, 0.05) is 6.07 Å². The van der Waals surface area contributed by atoms with Gasteiger partial charge in [-0.3, -0.25) is 4.72 Å². The zero-order valence-electron chi connectivity index (χ0n) is 12.8. The summed E-state index contributed by atoms with van der Waals surface area (Å²) in [6.45, 7) is 2.79. The molecular weight excluding hydrogens is 348 g/mol. The van der Waals surface area contributed by atoms with E-state index in [0.717, 1.165) is 15.2 Å². The Morgan fingerprint density at radius 1 is 1.08 bits per heavy atom. The van der Waals surface area contributed by atoms with Crippen LogP contribution in [-0.4, -0.2) is 26.6 Å². The van der Waals surface area contributed by atoms with E-state index in [2.05, 4.69) is 9.71 Å². The van der Waals surface area contributed by atoms with E-state index in [1.807, 2.05) is 6.92 Å². The van der Waals surface area contributed by atoms with Gasteiger partial charge in [0.05, 0.1) is 25.8 Å². The maximum atomic E-state index is 12.6. The van der Waals surface area contributed by atoms with Gasteiger partial charge in [0.15, 0.2) is 11.5 Å². The van der Waals surface area contributed by atoms with Gasteiger partial charge in [-0.15, -0.1) is 11.3 Å². The Balaban J connectivity index is 1.66. The van der Waals surface area contributed by atoms with Crippen LogP contribution in [0.1, 0.15) is 5.01 Å². The highest BCUT2D eigenvalue weighted by Gasteiger charge is 2.19. The van der Waals surface area contributed by atoms with Gasteiger partial charge < -0.3 is 9.47 Å². The van der Waals surface area contributed by atoms with Gasteiger partial charge in [-0.25, -0.2) is 13.4 Å². The summed E-state index contributed by atoms with van der Waals surface area (Å²) in [5, 5.41) is 0.942. The van der Waals surface area contributed by atoms with Gasteiger partial charge >= 0.3 is 0 Å². The number of fused-ring (bicyclic) bond motifs is 2. The molecule has 0 bridgehead atoms. The highest BCUT2D eigenvalue weighted by Crippen LogP contribution is 2.33. The van der Waals surface area contributed by atoms with Crippen molar-refractivity contribution >= 4 is 37.3 Å². The summed E-state index contributed by atoms with van der Waals surface area (Å²) in [6.07, 6.45) is 0. The summed E-state index contributed by atoms with van der Waals surface area (Å²) in [6, 6.07) is 9.89. The number of nitrogens with one attached hydrogen (secondary N) is 1. The number of aromatic nitrogens is 1. The minimum Gasteiger partial charge on any atom is -0.486 e. The number of hydrogen-bond donors (Lipinski definition) is 1. The third-order valence-electron chi connectivity index (χ3n) is 3.57. The Morgan fingerprint density at radius 3 is 2.71 bits per heavy atom. The molecular formula is C16H14N2O4S2. The predicted octanol–water partition coefficient (Wildman–Crippen LogP) is 3.18. The number of hydrogen-bond acceptors (Lipinski definition) is 6. The summed E-state index contributed by atoms with van der Waals surface area (Å²) < 4.78 is 39.6. The topological polar surface area (TPSA) is 77.5 Å². The average molecular weight is 362 g/mol. The minimum atomic E-state index is -3.71. The van der Waals surface area contributed by atoms with Gasteiger partial charge in [-0.2, -0.15) is 0 Å². The van der Waals surface area contributed by atoms with E-state index >= 15 is 0 Å². The Kier molecular flexibility index (Phi) is 3.58. The van der Waals surface area contributed by atoms with Crippen LogP contribution in [0.3, 0.4) is 0 Å². The number of sulfonamides is 1. The Hall–Kier alpha value is -2.32. The molecule has 1 aliphatic rings. The van der Waals surface area contributed by atoms with Crippen molar-refractivity contribution in [1.82, 2.24) is 4.98 Å². The second-order valence-corrected chi connectivity index (χ2v) is 8.24. The van der Waals surface area contributed by atoms with E-state index in [4.69, 9.17) is 9.47 Å². The third-order valence-corrected chi connectivity index (χ3v) is 5.88. The zero-order chi connectivity index (χ0) is 16.7. The van der Waals surface area contributed by atoms with Crippen molar-refractivity contribution in [2.45, 2.75) is 11.8 Å². The smallest absolute Gasteiger partial charge is 0.262 e. The molecule has 124 valence electrons. The van der Waals surface area contributed by atoms with Gasteiger partial charge in [0.1, 0.15) is 13.2 Å². The lowest BCUT2D eigenvalue weighted by molar-refractivity contribution is 0.171. The van der Waals surface area contributed by atoms with Crippen LogP contribution in [-0.2, 0) is 10.0 Å². The molecule has 24 heavy (non-hydrogen) atoms.